The minimum Gasteiger partial charge on any atom is -0.351 e. The van der Waals surface area contributed by atoms with E-state index in [1.807, 2.05) is 62.4 Å². The van der Waals surface area contributed by atoms with Crippen molar-refractivity contribution in [1.29, 1.82) is 0 Å². The minimum atomic E-state index is -0.0831. The quantitative estimate of drug-likeness (QED) is 0.748. The molecular formula is C18H18N2O. The first kappa shape index (κ1) is 13.4. The Kier molecular flexibility index (Phi) is 3.48. The van der Waals surface area contributed by atoms with Crippen molar-refractivity contribution in [2.45, 2.75) is 19.9 Å². The van der Waals surface area contributed by atoms with Gasteiger partial charge in [-0.15, -0.1) is 0 Å². The third-order valence-corrected chi connectivity index (χ3v) is 3.67. The van der Waals surface area contributed by atoms with Gasteiger partial charge in [0.2, 0.25) is 0 Å². The summed E-state index contributed by atoms with van der Waals surface area (Å²) in [5, 5.41) is 4.08. The van der Waals surface area contributed by atoms with E-state index in [1.165, 1.54) is 5.56 Å². The van der Waals surface area contributed by atoms with Crippen LogP contribution < -0.4 is 5.32 Å². The van der Waals surface area contributed by atoms with Gasteiger partial charge in [-0.05, 0) is 37.6 Å². The average molecular weight is 278 g/mol. The molecule has 1 amide bonds. The van der Waals surface area contributed by atoms with Crippen LogP contribution in [-0.2, 0) is 0 Å². The summed E-state index contributed by atoms with van der Waals surface area (Å²) in [6, 6.07) is 17.9. The van der Waals surface area contributed by atoms with E-state index in [4.69, 9.17) is 0 Å². The normalized spacial score (nSPS) is 12.3. The fraction of sp³-hybridized carbons (Fsp3) is 0.167. The van der Waals surface area contributed by atoms with E-state index in [-0.39, 0.29) is 11.9 Å². The lowest BCUT2D eigenvalue weighted by molar-refractivity contribution is 0.0935. The summed E-state index contributed by atoms with van der Waals surface area (Å²) in [4.78, 5) is 15.5. The van der Waals surface area contributed by atoms with E-state index >= 15 is 0 Å². The van der Waals surface area contributed by atoms with Gasteiger partial charge in [0, 0.05) is 10.9 Å². The fourth-order valence-electron chi connectivity index (χ4n) is 2.47. The second-order valence-electron chi connectivity index (χ2n) is 5.38. The Morgan fingerprint density at radius 2 is 1.86 bits per heavy atom. The summed E-state index contributed by atoms with van der Waals surface area (Å²) in [6.07, 6.45) is 0. The lowest BCUT2D eigenvalue weighted by Crippen LogP contribution is -2.26. The smallest absolute Gasteiger partial charge is 0.268 e. The lowest BCUT2D eigenvalue weighted by Gasteiger charge is -2.13. The maximum atomic E-state index is 12.3. The summed E-state index contributed by atoms with van der Waals surface area (Å²) >= 11 is 0. The van der Waals surface area contributed by atoms with Crippen LogP contribution in [0.1, 0.15) is 34.6 Å². The Bertz CT molecular complexity index is 774. The van der Waals surface area contributed by atoms with Gasteiger partial charge >= 0.3 is 0 Å². The Balaban J connectivity index is 1.80. The Morgan fingerprint density at radius 3 is 2.62 bits per heavy atom. The van der Waals surface area contributed by atoms with Crippen LogP contribution in [0.15, 0.2) is 54.6 Å². The predicted molar refractivity (Wildman–Crippen MR) is 85.4 cm³/mol. The summed E-state index contributed by atoms with van der Waals surface area (Å²) in [6.45, 7) is 4.03. The maximum Gasteiger partial charge on any atom is 0.268 e. The van der Waals surface area contributed by atoms with Gasteiger partial charge in [0.25, 0.3) is 5.91 Å². The largest absolute Gasteiger partial charge is 0.351 e. The molecule has 0 spiro atoms. The predicted octanol–water partition coefficient (Wildman–Crippen LogP) is 3.97. The summed E-state index contributed by atoms with van der Waals surface area (Å²) in [5.74, 6) is -0.0831. The van der Waals surface area contributed by atoms with Crippen molar-refractivity contribution in [3.8, 4) is 0 Å². The summed E-state index contributed by atoms with van der Waals surface area (Å²) in [5.41, 5.74) is 3.86. The molecule has 0 saturated heterocycles. The topological polar surface area (TPSA) is 44.9 Å². The molecule has 106 valence electrons. The number of fused-ring (bicyclic) bond motifs is 1. The average Bonchev–Trinajstić information content (AvgIpc) is 2.91. The third-order valence-electron chi connectivity index (χ3n) is 3.67. The van der Waals surface area contributed by atoms with Crippen LogP contribution in [0.2, 0.25) is 0 Å². The number of aromatic amines is 1. The number of nitrogens with one attached hydrogen (secondary N) is 2. The third kappa shape index (κ3) is 2.82. The van der Waals surface area contributed by atoms with Crippen LogP contribution in [0.3, 0.4) is 0 Å². The van der Waals surface area contributed by atoms with E-state index in [0.29, 0.717) is 5.69 Å². The van der Waals surface area contributed by atoms with Crippen molar-refractivity contribution >= 4 is 16.8 Å². The molecule has 0 radical (unpaired) electrons. The molecule has 3 nitrogen and oxygen atoms in total. The van der Waals surface area contributed by atoms with Crippen LogP contribution in [0.4, 0.5) is 0 Å². The molecule has 1 unspecified atom stereocenters. The molecule has 1 aromatic heterocycles. The van der Waals surface area contributed by atoms with Crippen molar-refractivity contribution < 1.29 is 4.79 Å². The number of aryl methyl sites for hydroxylation is 1. The van der Waals surface area contributed by atoms with Crippen molar-refractivity contribution in [2.24, 2.45) is 0 Å². The first-order valence-electron chi connectivity index (χ1n) is 7.08. The molecule has 1 heterocycles. The van der Waals surface area contributed by atoms with Gasteiger partial charge in [0.05, 0.1) is 6.04 Å². The molecule has 0 aliphatic rings. The van der Waals surface area contributed by atoms with Crippen LogP contribution in [0, 0.1) is 6.92 Å². The number of rotatable bonds is 3. The van der Waals surface area contributed by atoms with Gasteiger partial charge in [-0.25, -0.2) is 0 Å². The lowest BCUT2D eigenvalue weighted by atomic mass is 10.1. The van der Waals surface area contributed by atoms with Gasteiger partial charge in [-0.3, -0.25) is 4.79 Å². The van der Waals surface area contributed by atoms with Gasteiger partial charge < -0.3 is 10.3 Å². The van der Waals surface area contributed by atoms with E-state index < -0.39 is 0 Å². The number of hydrogen-bond donors (Lipinski definition) is 2. The Morgan fingerprint density at radius 1 is 1.10 bits per heavy atom. The number of benzene rings is 2. The van der Waals surface area contributed by atoms with Crippen LogP contribution >= 0.6 is 0 Å². The SMILES string of the molecule is Cc1ccc2[nH]c(C(=O)NC(C)c3ccccc3)cc2c1. The molecule has 3 aromatic rings. The first-order valence-corrected chi connectivity index (χ1v) is 7.08. The van der Waals surface area contributed by atoms with Gasteiger partial charge in [-0.1, -0.05) is 42.0 Å². The second-order valence-corrected chi connectivity index (χ2v) is 5.38. The zero-order valence-corrected chi connectivity index (χ0v) is 12.2. The van der Waals surface area contributed by atoms with Gasteiger partial charge in [0.1, 0.15) is 5.69 Å². The number of aromatic nitrogens is 1. The molecule has 0 aliphatic heterocycles. The van der Waals surface area contributed by atoms with Crippen LogP contribution in [0.25, 0.3) is 10.9 Å². The highest BCUT2D eigenvalue weighted by Crippen LogP contribution is 2.18. The Hall–Kier alpha value is -2.55. The standard InChI is InChI=1S/C18H18N2O/c1-12-8-9-16-15(10-12)11-17(20-16)18(21)19-13(2)14-6-4-3-5-7-14/h3-11,13,20H,1-2H3,(H,19,21). The number of carbonyl (C=O) groups is 1. The molecular weight excluding hydrogens is 260 g/mol. The van der Waals surface area contributed by atoms with Gasteiger partial charge in [0.15, 0.2) is 0 Å². The van der Waals surface area contributed by atoms with E-state index in [2.05, 4.69) is 16.4 Å². The maximum absolute atomic E-state index is 12.3. The number of carbonyl (C=O) groups excluding carboxylic acids is 1. The summed E-state index contributed by atoms with van der Waals surface area (Å²) < 4.78 is 0. The zero-order chi connectivity index (χ0) is 14.8. The van der Waals surface area contributed by atoms with E-state index in [9.17, 15) is 4.79 Å². The van der Waals surface area contributed by atoms with Gasteiger partial charge in [-0.2, -0.15) is 0 Å². The Labute approximate surface area is 124 Å². The second kappa shape index (κ2) is 5.44. The minimum absolute atomic E-state index is 0.0214. The number of amides is 1. The highest BCUT2D eigenvalue weighted by molar-refractivity contribution is 5.98. The molecule has 2 aromatic carbocycles. The molecule has 2 N–H and O–H groups in total. The molecule has 0 aliphatic carbocycles. The number of H-pyrrole nitrogens is 1. The summed E-state index contributed by atoms with van der Waals surface area (Å²) in [7, 11) is 0. The molecule has 1 atom stereocenters. The molecule has 21 heavy (non-hydrogen) atoms. The highest BCUT2D eigenvalue weighted by atomic mass is 16.1. The molecule has 0 fully saturated rings. The number of hydrogen-bond acceptors (Lipinski definition) is 1. The first-order chi connectivity index (χ1) is 10.1. The van der Waals surface area contributed by atoms with Crippen molar-refractivity contribution in [2.75, 3.05) is 0 Å². The highest BCUT2D eigenvalue weighted by Gasteiger charge is 2.13. The van der Waals surface area contributed by atoms with E-state index in [0.717, 1.165) is 16.5 Å². The molecule has 3 heteroatoms. The zero-order valence-electron chi connectivity index (χ0n) is 12.2. The molecule has 0 saturated carbocycles. The fourth-order valence-corrected chi connectivity index (χ4v) is 2.47. The van der Waals surface area contributed by atoms with Crippen LogP contribution in [0.5, 0.6) is 0 Å². The van der Waals surface area contributed by atoms with E-state index in [1.54, 1.807) is 0 Å². The monoisotopic (exact) mass is 278 g/mol. The molecule has 0 bridgehead atoms. The van der Waals surface area contributed by atoms with Crippen LogP contribution in [-0.4, -0.2) is 10.9 Å². The van der Waals surface area contributed by atoms with Crippen molar-refractivity contribution in [3.63, 3.8) is 0 Å². The van der Waals surface area contributed by atoms with Crippen molar-refractivity contribution in [3.05, 3.63) is 71.4 Å². The molecule has 3 rings (SSSR count). The van der Waals surface area contributed by atoms with Crippen molar-refractivity contribution in [1.82, 2.24) is 10.3 Å².